The van der Waals surface area contributed by atoms with E-state index in [0.717, 1.165) is 42.9 Å². The van der Waals surface area contributed by atoms with Crippen LogP contribution in [0.2, 0.25) is 0 Å². The summed E-state index contributed by atoms with van der Waals surface area (Å²) in [7, 11) is 3.64. The standard InChI is InChI=1S/C29H35N5O3/c1-33(21-11-15-30-16-12-21)28(36)29(24-8-4-6-10-27(24)37-2)13-17-34(18-14-29)22-19-25(32-31-20-22)23-7-3-5-9-26(23)35/h3-10,19-21,30,35H,11-18H2,1-2H3. The third-order valence-electron chi connectivity index (χ3n) is 8.01. The summed E-state index contributed by atoms with van der Waals surface area (Å²) in [5, 5.41) is 22.2. The SMILES string of the molecule is COc1ccccc1C1(C(=O)N(C)C2CCNCC2)CCN(c2cnnc(-c3ccccc3O)c2)CC1. The molecule has 1 aromatic heterocycles. The summed E-state index contributed by atoms with van der Waals surface area (Å²) in [5.41, 5.74) is 2.51. The van der Waals surface area contributed by atoms with Gasteiger partial charge in [0.05, 0.1) is 30.1 Å². The molecule has 1 amide bonds. The first-order valence-corrected chi connectivity index (χ1v) is 13.0. The molecule has 5 rings (SSSR count). The minimum absolute atomic E-state index is 0.173. The van der Waals surface area contributed by atoms with Gasteiger partial charge in [-0.25, -0.2) is 0 Å². The lowest BCUT2D eigenvalue weighted by molar-refractivity contribution is -0.139. The predicted molar refractivity (Wildman–Crippen MR) is 144 cm³/mol. The van der Waals surface area contributed by atoms with Crippen LogP contribution in [0.25, 0.3) is 11.3 Å². The maximum atomic E-state index is 14.3. The van der Waals surface area contributed by atoms with Crippen molar-refractivity contribution in [3.05, 3.63) is 66.4 Å². The molecule has 8 heteroatoms. The maximum Gasteiger partial charge on any atom is 0.233 e. The monoisotopic (exact) mass is 501 g/mol. The molecular formula is C29H35N5O3. The topological polar surface area (TPSA) is 90.8 Å². The minimum Gasteiger partial charge on any atom is -0.507 e. The number of anilines is 1. The van der Waals surface area contributed by atoms with Crippen molar-refractivity contribution in [1.82, 2.24) is 20.4 Å². The normalized spacial score (nSPS) is 17.8. The number of likely N-dealkylation sites (N-methyl/N-ethyl adjacent to an activating group) is 1. The average molecular weight is 502 g/mol. The van der Waals surface area contributed by atoms with Crippen molar-refractivity contribution in [1.29, 1.82) is 0 Å². The molecular weight excluding hydrogens is 466 g/mol. The molecule has 0 bridgehead atoms. The number of nitrogens with zero attached hydrogens (tertiary/aromatic N) is 4. The second-order valence-corrected chi connectivity index (χ2v) is 9.98. The zero-order chi connectivity index (χ0) is 25.8. The van der Waals surface area contributed by atoms with Crippen LogP contribution in [0, 0.1) is 0 Å². The van der Waals surface area contributed by atoms with E-state index in [1.807, 2.05) is 54.4 Å². The Hall–Kier alpha value is -3.65. The highest BCUT2D eigenvalue weighted by molar-refractivity contribution is 5.89. The lowest BCUT2D eigenvalue weighted by Gasteiger charge is -2.45. The first kappa shape index (κ1) is 25.0. The molecule has 37 heavy (non-hydrogen) atoms. The zero-order valence-electron chi connectivity index (χ0n) is 21.6. The van der Waals surface area contributed by atoms with E-state index in [2.05, 4.69) is 20.4 Å². The summed E-state index contributed by atoms with van der Waals surface area (Å²) in [6.07, 6.45) is 5.01. The molecule has 2 aliphatic heterocycles. The number of piperidine rings is 2. The highest BCUT2D eigenvalue weighted by Crippen LogP contribution is 2.43. The van der Waals surface area contributed by atoms with Gasteiger partial charge >= 0.3 is 0 Å². The number of benzene rings is 2. The molecule has 0 radical (unpaired) electrons. The second kappa shape index (κ2) is 10.8. The number of amides is 1. The Kier molecular flexibility index (Phi) is 7.28. The fourth-order valence-corrected chi connectivity index (χ4v) is 5.83. The number of carbonyl (C=O) groups is 1. The van der Waals surface area contributed by atoms with Crippen LogP contribution in [-0.2, 0) is 10.2 Å². The number of nitrogens with one attached hydrogen (secondary N) is 1. The van der Waals surface area contributed by atoms with Gasteiger partial charge in [0.1, 0.15) is 11.5 Å². The summed E-state index contributed by atoms with van der Waals surface area (Å²) in [4.78, 5) is 18.5. The number of rotatable bonds is 6. The quantitative estimate of drug-likeness (QED) is 0.533. The van der Waals surface area contributed by atoms with Gasteiger partial charge in [0, 0.05) is 37.3 Å². The number of carbonyl (C=O) groups excluding carboxylic acids is 1. The van der Waals surface area contributed by atoms with Gasteiger partial charge in [0.25, 0.3) is 0 Å². The predicted octanol–water partition coefficient (Wildman–Crippen LogP) is 3.61. The third kappa shape index (κ3) is 4.85. The summed E-state index contributed by atoms with van der Waals surface area (Å²) in [5.74, 6) is 1.11. The summed E-state index contributed by atoms with van der Waals surface area (Å²) < 4.78 is 5.75. The van der Waals surface area contributed by atoms with E-state index in [1.165, 1.54) is 0 Å². The van der Waals surface area contributed by atoms with E-state index in [1.54, 1.807) is 25.4 Å². The van der Waals surface area contributed by atoms with Gasteiger partial charge in [-0.05, 0) is 63.0 Å². The molecule has 2 saturated heterocycles. The van der Waals surface area contributed by atoms with Crippen molar-refractivity contribution in [2.45, 2.75) is 37.1 Å². The zero-order valence-corrected chi connectivity index (χ0v) is 21.6. The van der Waals surface area contributed by atoms with Crippen LogP contribution in [0.4, 0.5) is 5.69 Å². The molecule has 2 fully saturated rings. The van der Waals surface area contributed by atoms with Gasteiger partial charge in [-0.15, -0.1) is 0 Å². The van der Waals surface area contributed by atoms with Crippen molar-refractivity contribution >= 4 is 11.6 Å². The van der Waals surface area contributed by atoms with E-state index < -0.39 is 5.41 Å². The van der Waals surface area contributed by atoms with Gasteiger partial charge in [-0.1, -0.05) is 30.3 Å². The van der Waals surface area contributed by atoms with Gasteiger partial charge in [-0.3, -0.25) is 4.79 Å². The van der Waals surface area contributed by atoms with Crippen molar-refractivity contribution in [2.75, 3.05) is 45.2 Å². The van der Waals surface area contributed by atoms with Gasteiger partial charge in [-0.2, -0.15) is 10.2 Å². The average Bonchev–Trinajstić information content (AvgIpc) is 2.97. The molecule has 2 aromatic carbocycles. The Bertz CT molecular complexity index is 1240. The first-order chi connectivity index (χ1) is 18.0. The molecule has 194 valence electrons. The van der Waals surface area contributed by atoms with Crippen LogP contribution < -0.4 is 15.0 Å². The van der Waals surface area contributed by atoms with Crippen molar-refractivity contribution in [2.24, 2.45) is 0 Å². The Morgan fingerprint density at radius 1 is 1.11 bits per heavy atom. The second-order valence-electron chi connectivity index (χ2n) is 9.98. The van der Waals surface area contributed by atoms with Crippen LogP contribution in [0.5, 0.6) is 11.5 Å². The van der Waals surface area contributed by atoms with Crippen molar-refractivity contribution in [3.8, 4) is 22.8 Å². The number of para-hydroxylation sites is 2. The molecule has 0 unspecified atom stereocenters. The van der Waals surface area contributed by atoms with Gasteiger partial charge in [0.2, 0.25) is 5.91 Å². The van der Waals surface area contributed by atoms with E-state index in [0.29, 0.717) is 37.2 Å². The van der Waals surface area contributed by atoms with E-state index in [-0.39, 0.29) is 17.7 Å². The first-order valence-electron chi connectivity index (χ1n) is 13.0. The minimum atomic E-state index is -0.663. The highest BCUT2D eigenvalue weighted by atomic mass is 16.5. The largest absolute Gasteiger partial charge is 0.507 e. The summed E-state index contributed by atoms with van der Waals surface area (Å²) in [6.45, 7) is 3.25. The molecule has 2 N–H and O–H groups in total. The summed E-state index contributed by atoms with van der Waals surface area (Å²) >= 11 is 0. The molecule has 3 aromatic rings. The lowest BCUT2D eigenvalue weighted by atomic mass is 9.70. The van der Waals surface area contributed by atoms with Crippen LogP contribution >= 0.6 is 0 Å². The number of hydrogen-bond donors (Lipinski definition) is 2. The number of aromatic hydroxyl groups is 1. The fraction of sp³-hybridized carbons (Fsp3) is 0.414. The Morgan fingerprint density at radius 3 is 2.54 bits per heavy atom. The molecule has 3 heterocycles. The molecule has 0 atom stereocenters. The number of ether oxygens (including phenoxy) is 1. The van der Waals surface area contributed by atoms with Crippen LogP contribution in [0.15, 0.2) is 60.8 Å². The Labute approximate surface area is 218 Å². The van der Waals surface area contributed by atoms with Crippen molar-refractivity contribution in [3.63, 3.8) is 0 Å². The molecule has 8 nitrogen and oxygen atoms in total. The third-order valence-corrected chi connectivity index (χ3v) is 8.01. The molecule has 0 saturated carbocycles. The van der Waals surface area contributed by atoms with E-state index >= 15 is 0 Å². The van der Waals surface area contributed by atoms with Crippen LogP contribution in [0.1, 0.15) is 31.2 Å². The molecule has 0 aliphatic carbocycles. The fourth-order valence-electron chi connectivity index (χ4n) is 5.83. The van der Waals surface area contributed by atoms with Crippen LogP contribution in [0.3, 0.4) is 0 Å². The van der Waals surface area contributed by atoms with Crippen LogP contribution in [-0.4, -0.2) is 72.5 Å². The summed E-state index contributed by atoms with van der Waals surface area (Å²) in [6, 6.07) is 17.3. The Balaban J connectivity index is 1.44. The maximum absolute atomic E-state index is 14.3. The molecule has 2 aliphatic rings. The van der Waals surface area contributed by atoms with Gasteiger partial charge < -0.3 is 25.0 Å². The highest BCUT2D eigenvalue weighted by Gasteiger charge is 2.47. The molecule has 0 spiro atoms. The van der Waals surface area contributed by atoms with Crippen molar-refractivity contribution < 1.29 is 14.6 Å². The number of phenols is 1. The number of methoxy groups -OCH3 is 1. The Morgan fingerprint density at radius 2 is 1.81 bits per heavy atom. The number of phenolic OH excluding ortho intramolecular Hbond substituents is 1. The number of aromatic nitrogens is 2. The van der Waals surface area contributed by atoms with E-state index in [4.69, 9.17) is 4.74 Å². The van der Waals surface area contributed by atoms with Gasteiger partial charge in [0.15, 0.2) is 0 Å². The number of hydrogen-bond acceptors (Lipinski definition) is 7. The van der Waals surface area contributed by atoms with E-state index in [9.17, 15) is 9.90 Å². The smallest absolute Gasteiger partial charge is 0.233 e. The lowest BCUT2D eigenvalue weighted by Crippen LogP contribution is -2.55.